The van der Waals surface area contributed by atoms with Crippen molar-refractivity contribution in [3.63, 3.8) is 0 Å². The Hall–Kier alpha value is -0.860. The average Bonchev–Trinajstić information content (AvgIpc) is 2.28. The van der Waals surface area contributed by atoms with E-state index in [1.165, 1.54) is 0 Å². The molecule has 0 bridgehead atoms. The number of hydrogen-bond donors (Lipinski definition) is 1. The third-order valence-electron chi connectivity index (χ3n) is 2.82. The quantitative estimate of drug-likeness (QED) is 0.847. The molecule has 94 valence electrons. The van der Waals surface area contributed by atoms with Crippen LogP contribution in [0, 0.1) is 11.8 Å². The number of carbonyl (C=O) groups excluding carboxylic acids is 1. The second-order valence-corrected chi connectivity index (χ2v) is 5.20. The van der Waals surface area contributed by atoms with Gasteiger partial charge < -0.3 is 5.73 Å². The van der Waals surface area contributed by atoms with Crippen molar-refractivity contribution >= 4 is 17.4 Å². The van der Waals surface area contributed by atoms with Crippen molar-refractivity contribution in [2.24, 2.45) is 17.6 Å². The number of nitrogens with two attached hydrogens (primary N) is 1. The molecule has 1 rings (SSSR count). The zero-order valence-corrected chi connectivity index (χ0v) is 11.2. The molecule has 0 spiro atoms. The van der Waals surface area contributed by atoms with Crippen molar-refractivity contribution in [2.45, 2.75) is 26.7 Å². The van der Waals surface area contributed by atoms with Gasteiger partial charge in [0.15, 0.2) is 0 Å². The van der Waals surface area contributed by atoms with Crippen LogP contribution in [0.15, 0.2) is 24.3 Å². The van der Waals surface area contributed by atoms with E-state index in [-0.39, 0.29) is 11.7 Å². The van der Waals surface area contributed by atoms with Gasteiger partial charge in [-0.15, -0.1) is 0 Å². The molecule has 2 nitrogen and oxygen atoms in total. The highest BCUT2D eigenvalue weighted by atomic mass is 35.5. The Bertz CT molecular complexity index is 376. The van der Waals surface area contributed by atoms with Crippen LogP contribution in [-0.2, 0) is 11.2 Å². The summed E-state index contributed by atoms with van der Waals surface area (Å²) in [5.41, 5.74) is 6.55. The number of ketones is 1. The molecule has 2 N–H and O–H groups in total. The molecule has 0 saturated carbocycles. The minimum absolute atomic E-state index is 0.0497. The third-order valence-corrected chi connectivity index (χ3v) is 3.19. The summed E-state index contributed by atoms with van der Waals surface area (Å²) >= 11 is 6.04. The minimum atomic E-state index is -0.0497. The Labute approximate surface area is 108 Å². The van der Waals surface area contributed by atoms with Crippen molar-refractivity contribution in [2.75, 3.05) is 6.54 Å². The Balaban J connectivity index is 2.67. The van der Waals surface area contributed by atoms with Crippen LogP contribution >= 0.6 is 11.6 Å². The standard InChI is InChI=1S/C14H20ClNO/c1-10(2)7-12(9-16)14(17)8-11-5-3-4-6-13(11)15/h3-6,10,12H,7-9,16H2,1-2H3. The predicted molar refractivity (Wildman–Crippen MR) is 72.2 cm³/mol. The van der Waals surface area contributed by atoms with Crippen molar-refractivity contribution in [3.8, 4) is 0 Å². The Morgan fingerprint density at radius 1 is 1.35 bits per heavy atom. The van der Waals surface area contributed by atoms with E-state index in [0.29, 0.717) is 23.9 Å². The molecule has 0 aliphatic heterocycles. The molecule has 1 aromatic carbocycles. The summed E-state index contributed by atoms with van der Waals surface area (Å²) in [6, 6.07) is 7.46. The molecule has 1 atom stereocenters. The van der Waals surface area contributed by atoms with Gasteiger partial charge in [0.2, 0.25) is 0 Å². The second kappa shape index (κ2) is 6.77. The van der Waals surface area contributed by atoms with Gasteiger partial charge >= 0.3 is 0 Å². The average molecular weight is 254 g/mol. The van der Waals surface area contributed by atoms with E-state index in [1.54, 1.807) is 0 Å². The fourth-order valence-corrected chi connectivity index (χ4v) is 2.10. The van der Waals surface area contributed by atoms with E-state index in [9.17, 15) is 4.79 Å². The normalized spacial score (nSPS) is 12.8. The molecule has 1 aromatic rings. The highest BCUT2D eigenvalue weighted by Gasteiger charge is 2.19. The molecule has 0 radical (unpaired) electrons. The first-order chi connectivity index (χ1) is 8.04. The van der Waals surface area contributed by atoms with Gasteiger partial charge in [0.05, 0.1) is 0 Å². The van der Waals surface area contributed by atoms with Crippen molar-refractivity contribution in [1.29, 1.82) is 0 Å². The number of benzene rings is 1. The molecule has 0 amide bonds. The molecule has 0 aromatic heterocycles. The van der Waals surface area contributed by atoms with E-state index >= 15 is 0 Å². The topological polar surface area (TPSA) is 43.1 Å². The first-order valence-corrected chi connectivity index (χ1v) is 6.38. The molecule has 3 heteroatoms. The van der Waals surface area contributed by atoms with Gasteiger partial charge in [-0.05, 0) is 24.0 Å². The molecule has 0 saturated heterocycles. The van der Waals surface area contributed by atoms with Gasteiger partial charge in [-0.2, -0.15) is 0 Å². The molecule has 0 heterocycles. The van der Waals surface area contributed by atoms with Gasteiger partial charge in [-0.25, -0.2) is 0 Å². The van der Waals surface area contributed by atoms with Crippen LogP contribution in [-0.4, -0.2) is 12.3 Å². The van der Waals surface area contributed by atoms with Crippen LogP contribution in [0.3, 0.4) is 0 Å². The molecular formula is C14H20ClNO. The second-order valence-electron chi connectivity index (χ2n) is 4.80. The summed E-state index contributed by atoms with van der Waals surface area (Å²) in [6.07, 6.45) is 1.23. The molecular weight excluding hydrogens is 234 g/mol. The zero-order valence-electron chi connectivity index (χ0n) is 10.4. The highest BCUT2D eigenvalue weighted by Crippen LogP contribution is 2.19. The van der Waals surface area contributed by atoms with Crippen LogP contribution in [0.5, 0.6) is 0 Å². The maximum absolute atomic E-state index is 12.1. The van der Waals surface area contributed by atoms with Crippen LogP contribution in [0.1, 0.15) is 25.8 Å². The molecule has 0 aliphatic carbocycles. The smallest absolute Gasteiger partial charge is 0.141 e. The fourth-order valence-electron chi connectivity index (χ4n) is 1.90. The van der Waals surface area contributed by atoms with Gasteiger partial charge in [0, 0.05) is 23.9 Å². The summed E-state index contributed by atoms with van der Waals surface area (Å²) in [4.78, 5) is 12.1. The third kappa shape index (κ3) is 4.49. The molecule has 0 aliphatic rings. The lowest BCUT2D eigenvalue weighted by Gasteiger charge is -2.16. The van der Waals surface area contributed by atoms with E-state index in [4.69, 9.17) is 17.3 Å². The van der Waals surface area contributed by atoms with Crippen molar-refractivity contribution in [1.82, 2.24) is 0 Å². The van der Waals surface area contributed by atoms with Gasteiger partial charge in [-0.3, -0.25) is 4.79 Å². The summed E-state index contributed by atoms with van der Waals surface area (Å²) in [5, 5.41) is 0.654. The lowest BCUT2D eigenvalue weighted by molar-refractivity contribution is -0.122. The molecule has 1 unspecified atom stereocenters. The number of halogens is 1. The summed E-state index contributed by atoms with van der Waals surface area (Å²) < 4.78 is 0. The zero-order chi connectivity index (χ0) is 12.8. The van der Waals surface area contributed by atoms with E-state index in [0.717, 1.165) is 12.0 Å². The predicted octanol–water partition coefficient (Wildman–Crippen LogP) is 3.07. The number of hydrogen-bond acceptors (Lipinski definition) is 2. The minimum Gasteiger partial charge on any atom is -0.330 e. The fraction of sp³-hybridized carbons (Fsp3) is 0.500. The SMILES string of the molecule is CC(C)CC(CN)C(=O)Cc1ccccc1Cl. The van der Waals surface area contributed by atoms with E-state index < -0.39 is 0 Å². The van der Waals surface area contributed by atoms with Crippen LogP contribution in [0.4, 0.5) is 0 Å². The number of Topliss-reactive ketones (excluding diaryl/α,β-unsaturated/α-hetero) is 1. The van der Waals surface area contributed by atoms with Crippen LogP contribution < -0.4 is 5.73 Å². The van der Waals surface area contributed by atoms with E-state index in [2.05, 4.69) is 13.8 Å². The van der Waals surface area contributed by atoms with Crippen molar-refractivity contribution < 1.29 is 4.79 Å². The van der Waals surface area contributed by atoms with Crippen molar-refractivity contribution in [3.05, 3.63) is 34.9 Å². The number of carbonyl (C=O) groups is 1. The first kappa shape index (κ1) is 14.2. The van der Waals surface area contributed by atoms with Crippen LogP contribution in [0.25, 0.3) is 0 Å². The highest BCUT2D eigenvalue weighted by molar-refractivity contribution is 6.31. The number of rotatable bonds is 6. The van der Waals surface area contributed by atoms with Gasteiger partial charge in [0.25, 0.3) is 0 Å². The Kier molecular flexibility index (Phi) is 5.66. The Morgan fingerprint density at radius 2 is 2.00 bits per heavy atom. The molecule has 0 fully saturated rings. The maximum Gasteiger partial charge on any atom is 0.141 e. The first-order valence-electron chi connectivity index (χ1n) is 6.00. The van der Waals surface area contributed by atoms with Gasteiger partial charge in [0.1, 0.15) is 5.78 Å². The Morgan fingerprint density at radius 3 is 2.53 bits per heavy atom. The summed E-state index contributed by atoms with van der Waals surface area (Å²) in [5.74, 6) is 0.624. The largest absolute Gasteiger partial charge is 0.330 e. The molecule has 17 heavy (non-hydrogen) atoms. The maximum atomic E-state index is 12.1. The summed E-state index contributed by atoms with van der Waals surface area (Å²) in [6.45, 7) is 4.62. The summed E-state index contributed by atoms with van der Waals surface area (Å²) in [7, 11) is 0. The van der Waals surface area contributed by atoms with Crippen LogP contribution in [0.2, 0.25) is 5.02 Å². The van der Waals surface area contributed by atoms with Gasteiger partial charge in [-0.1, -0.05) is 43.6 Å². The monoisotopic (exact) mass is 253 g/mol. The van der Waals surface area contributed by atoms with E-state index in [1.807, 2.05) is 24.3 Å². The lowest BCUT2D eigenvalue weighted by Crippen LogP contribution is -2.26. The lowest BCUT2D eigenvalue weighted by atomic mass is 9.90.